The number of hydrogen-bond donors (Lipinski definition) is 2. The van der Waals surface area contributed by atoms with Gasteiger partial charge < -0.3 is 15.3 Å². The molecule has 2 fully saturated rings. The second-order valence-electron chi connectivity index (χ2n) is 8.60. The van der Waals surface area contributed by atoms with Gasteiger partial charge in [0.1, 0.15) is 5.75 Å². The number of nitrogens with zero attached hydrogens (tertiary/aromatic N) is 1. The first-order valence-electron chi connectivity index (χ1n) is 10.7. The number of fused-ring (bicyclic) bond motifs is 1. The van der Waals surface area contributed by atoms with Crippen LogP contribution in [0.4, 0.5) is 11.4 Å². The van der Waals surface area contributed by atoms with E-state index in [0.29, 0.717) is 17.2 Å². The highest BCUT2D eigenvalue weighted by molar-refractivity contribution is 5.71. The van der Waals surface area contributed by atoms with Crippen molar-refractivity contribution in [2.24, 2.45) is 5.92 Å². The van der Waals surface area contributed by atoms with Crippen molar-refractivity contribution in [2.45, 2.75) is 56.9 Å². The van der Waals surface area contributed by atoms with Gasteiger partial charge in [0, 0.05) is 23.7 Å². The van der Waals surface area contributed by atoms with Crippen LogP contribution in [0.5, 0.6) is 5.75 Å². The van der Waals surface area contributed by atoms with Gasteiger partial charge in [-0.2, -0.15) is 0 Å². The Kier molecular flexibility index (Phi) is 4.16. The molecule has 0 radical (unpaired) electrons. The summed E-state index contributed by atoms with van der Waals surface area (Å²) in [7, 11) is 0. The highest BCUT2D eigenvalue weighted by Crippen LogP contribution is 2.55. The molecular weight excluding hydrogens is 332 g/mol. The summed E-state index contributed by atoms with van der Waals surface area (Å²) in [5.41, 5.74) is 5.29. The van der Waals surface area contributed by atoms with Crippen molar-refractivity contribution in [1.82, 2.24) is 5.32 Å². The van der Waals surface area contributed by atoms with Gasteiger partial charge in [-0.25, -0.2) is 0 Å². The lowest BCUT2D eigenvalue weighted by molar-refractivity contribution is 0.0796. The third-order valence-corrected chi connectivity index (χ3v) is 7.41. The normalized spacial score (nSPS) is 28.9. The van der Waals surface area contributed by atoms with Crippen LogP contribution in [0.3, 0.4) is 0 Å². The van der Waals surface area contributed by atoms with E-state index in [9.17, 15) is 5.11 Å². The van der Waals surface area contributed by atoms with Gasteiger partial charge >= 0.3 is 0 Å². The predicted octanol–water partition coefficient (Wildman–Crippen LogP) is 4.90. The zero-order valence-corrected chi connectivity index (χ0v) is 16.2. The van der Waals surface area contributed by atoms with Crippen molar-refractivity contribution in [3.05, 3.63) is 53.6 Å². The first kappa shape index (κ1) is 17.1. The molecule has 0 spiro atoms. The lowest BCUT2D eigenvalue weighted by atomic mass is 9.53. The van der Waals surface area contributed by atoms with Crippen molar-refractivity contribution in [3.63, 3.8) is 0 Å². The highest BCUT2D eigenvalue weighted by Gasteiger charge is 2.51. The molecule has 2 aromatic rings. The van der Waals surface area contributed by atoms with Crippen LogP contribution in [0.15, 0.2) is 42.5 Å². The smallest absolute Gasteiger partial charge is 0.139 e. The Balaban J connectivity index is 1.62. The fourth-order valence-electron chi connectivity index (χ4n) is 6.27. The Morgan fingerprint density at radius 1 is 1.15 bits per heavy atom. The molecule has 27 heavy (non-hydrogen) atoms. The van der Waals surface area contributed by atoms with E-state index < -0.39 is 0 Å². The van der Waals surface area contributed by atoms with Crippen LogP contribution >= 0.6 is 0 Å². The molecule has 3 atom stereocenters. The molecular formula is C24H30N2O. The van der Waals surface area contributed by atoms with Gasteiger partial charge in [-0.3, -0.25) is 0 Å². The summed E-state index contributed by atoms with van der Waals surface area (Å²) in [6, 6.07) is 15.4. The van der Waals surface area contributed by atoms with E-state index in [-0.39, 0.29) is 0 Å². The van der Waals surface area contributed by atoms with Crippen LogP contribution in [0, 0.1) is 5.92 Å². The second-order valence-corrected chi connectivity index (χ2v) is 8.60. The lowest BCUT2D eigenvalue weighted by Crippen LogP contribution is -2.59. The van der Waals surface area contributed by atoms with E-state index >= 15 is 0 Å². The lowest BCUT2D eigenvalue weighted by Gasteiger charge is -2.56. The minimum atomic E-state index is 0.293. The van der Waals surface area contributed by atoms with Crippen LogP contribution in [-0.4, -0.2) is 24.2 Å². The average Bonchev–Trinajstić information content (AvgIpc) is 2.71. The van der Waals surface area contributed by atoms with Gasteiger partial charge in [0.25, 0.3) is 0 Å². The maximum atomic E-state index is 11.1. The van der Waals surface area contributed by atoms with Gasteiger partial charge in [-0.1, -0.05) is 31.0 Å². The van der Waals surface area contributed by atoms with Gasteiger partial charge in [0.05, 0.1) is 5.69 Å². The van der Waals surface area contributed by atoms with Crippen LogP contribution < -0.4 is 10.2 Å². The number of rotatable bonds is 3. The fraction of sp³-hybridized carbons (Fsp3) is 0.500. The molecule has 2 aromatic carbocycles. The van der Waals surface area contributed by atoms with Crippen LogP contribution in [0.25, 0.3) is 0 Å². The highest BCUT2D eigenvalue weighted by atomic mass is 16.3. The molecule has 1 saturated heterocycles. The number of nitrogens with one attached hydrogen (secondary N) is 1. The number of aromatic hydroxyl groups is 1. The van der Waals surface area contributed by atoms with Crippen LogP contribution in [-0.2, 0) is 11.8 Å². The summed E-state index contributed by atoms with van der Waals surface area (Å²) < 4.78 is 0. The summed E-state index contributed by atoms with van der Waals surface area (Å²) in [5, 5.41) is 14.9. The molecule has 3 aliphatic rings. The number of anilines is 2. The molecule has 2 bridgehead atoms. The summed E-state index contributed by atoms with van der Waals surface area (Å²) in [6.07, 6.45) is 7.64. The van der Waals surface area contributed by atoms with Gasteiger partial charge in [0.2, 0.25) is 0 Å². The standard InChI is InChI=1S/C24H30N2O/c1-2-26(18-8-4-3-5-9-18)22-15-17-14-21-19-10-6-7-11-24(19,12-13-25-21)20(17)16-23(22)27/h3-5,8-9,15-16,19,21,25,27H,2,6-7,10-14H2,1H3/t19-,21+,24+/m0/s1. The largest absolute Gasteiger partial charge is 0.506 e. The minimum Gasteiger partial charge on any atom is -0.506 e. The molecule has 1 aliphatic heterocycles. The predicted molar refractivity (Wildman–Crippen MR) is 111 cm³/mol. The Bertz CT molecular complexity index is 830. The molecule has 1 saturated carbocycles. The van der Waals surface area contributed by atoms with E-state index in [1.807, 2.05) is 6.07 Å². The number of piperidine rings is 1. The molecule has 3 nitrogen and oxygen atoms in total. The van der Waals surface area contributed by atoms with Crippen molar-refractivity contribution in [3.8, 4) is 5.75 Å². The molecule has 2 N–H and O–H groups in total. The van der Waals surface area contributed by atoms with Crippen molar-refractivity contribution in [1.29, 1.82) is 0 Å². The molecule has 3 heteroatoms. The van der Waals surface area contributed by atoms with Gasteiger partial charge in [-0.15, -0.1) is 0 Å². The molecule has 5 rings (SSSR count). The molecule has 2 aliphatic carbocycles. The third kappa shape index (κ3) is 2.59. The monoisotopic (exact) mass is 362 g/mol. The first-order chi connectivity index (χ1) is 13.2. The zero-order chi connectivity index (χ0) is 18.4. The topological polar surface area (TPSA) is 35.5 Å². The van der Waals surface area contributed by atoms with E-state index in [1.54, 1.807) is 0 Å². The van der Waals surface area contributed by atoms with Crippen molar-refractivity contribution >= 4 is 11.4 Å². The first-order valence-corrected chi connectivity index (χ1v) is 10.7. The fourth-order valence-corrected chi connectivity index (χ4v) is 6.27. The zero-order valence-electron chi connectivity index (χ0n) is 16.2. The third-order valence-electron chi connectivity index (χ3n) is 7.41. The molecule has 0 amide bonds. The quantitative estimate of drug-likeness (QED) is 0.815. The van der Waals surface area contributed by atoms with Crippen LogP contribution in [0.2, 0.25) is 0 Å². The minimum absolute atomic E-state index is 0.293. The Hall–Kier alpha value is -2.00. The average molecular weight is 363 g/mol. The van der Waals surface area contributed by atoms with Gasteiger partial charge in [0.15, 0.2) is 0 Å². The summed E-state index contributed by atoms with van der Waals surface area (Å²) >= 11 is 0. The number of phenolic OH excluding ortho intramolecular Hbond substituents is 1. The summed E-state index contributed by atoms with van der Waals surface area (Å²) in [6.45, 7) is 4.11. The van der Waals surface area contributed by atoms with E-state index in [1.165, 1.54) is 43.2 Å². The Morgan fingerprint density at radius 2 is 2.00 bits per heavy atom. The molecule has 0 unspecified atom stereocenters. The van der Waals surface area contributed by atoms with Crippen molar-refractivity contribution < 1.29 is 5.11 Å². The molecule has 142 valence electrons. The number of phenols is 1. The summed E-state index contributed by atoms with van der Waals surface area (Å²) in [5.74, 6) is 1.18. The maximum absolute atomic E-state index is 11.1. The Morgan fingerprint density at radius 3 is 2.81 bits per heavy atom. The molecule has 1 heterocycles. The van der Waals surface area contributed by atoms with E-state index in [0.717, 1.165) is 36.8 Å². The Labute approximate surface area is 162 Å². The number of hydrogen-bond acceptors (Lipinski definition) is 3. The number of para-hydroxylation sites is 1. The van der Waals surface area contributed by atoms with E-state index in [4.69, 9.17) is 0 Å². The summed E-state index contributed by atoms with van der Waals surface area (Å²) in [4.78, 5) is 2.23. The maximum Gasteiger partial charge on any atom is 0.139 e. The van der Waals surface area contributed by atoms with Crippen LogP contribution in [0.1, 0.15) is 50.2 Å². The SMILES string of the molecule is CCN(c1ccccc1)c1cc2c(cc1O)[C@@]13CCCC[C@H]1[C@@H](C2)NCC3. The van der Waals surface area contributed by atoms with Gasteiger partial charge in [-0.05, 0) is 80.5 Å². The second kappa shape index (κ2) is 6.56. The number of benzene rings is 2. The van der Waals surface area contributed by atoms with Crippen molar-refractivity contribution in [2.75, 3.05) is 18.0 Å². The van der Waals surface area contributed by atoms with E-state index in [2.05, 4.69) is 53.5 Å². The molecule has 0 aromatic heterocycles.